The van der Waals surface area contributed by atoms with Crippen molar-refractivity contribution in [3.8, 4) is 0 Å². The van der Waals surface area contributed by atoms with Gasteiger partial charge in [-0.25, -0.2) is 4.98 Å². The quantitative estimate of drug-likeness (QED) is 0.867. The fraction of sp³-hybridized carbons (Fsp3) is 0.417. The summed E-state index contributed by atoms with van der Waals surface area (Å²) in [5, 5.41) is 4.07. The molecule has 1 saturated heterocycles. The number of imidazole rings is 1. The van der Waals surface area contributed by atoms with Crippen molar-refractivity contribution in [1.82, 2.24) is 14.9 Å². The van der Waals surface area contributed by atoms with Crippen molar-refractivity contribution in [3.05, 3.63) is 29.5 Å². The number of benzene rings is 1. The summed E-state index contributed by atoms with van der Waals surface area (Å²) in [6.07, 6.45) is 2.48. The monoisotopic (exact) mass is 235 g/mol. The number of hydrogen-bond acceptors (Lipinski definition) is 2. The second-order valence-electron chi connectivity index (χ2n) is 4.27. The lowest BCUT2D eigenvalue weighted by molar-refractivity contribution is 0.517. The number of aromatic nitrogens is 2. The van der Waals surface area contributed by atoms with E-state index in [1.54, 1.807) is 0 Å². The first kappa shape index (κ1) is 10.1. The Morgan fingerprint density at radius 2 is 2.31 bits per heavy atom. The van der Waals surface area contributed by atoms with E-state index < -0.39 is 0 Å². The van der Waals surface area contributed by atoms with Crippen molar-refractivity contribution in [1.29, 1.82) is 0 Å². The van der Waals surface area contributed by atoms with E-state index in [0.717, 1.165) is 24.1 Å². The molecule has 1 N–H and O–H groups in total. The molecule has 2 aromatic rings. The van der Waals surface area contributed by atoms with Crippen LogP contribution >= 0.6 is 11.6 Å². The van der Waals surface area contributed by atoms with Gasteiger partial charge in [0.2, 0.25) is 5.28 Å². The van der Waals surface area contributed by atoms with Crippen LogP contribution in [0, 0.1) is 0 Å². The Bertz CT molecular complexity index is 500. The second kappa shape index (κ2) is 4.07. The number of halogens is 1. The highest BCUT2D eigenvalue weighted by Gasteiger charge is 2.17. The van der Waals surface area contributed by atoms with Gasteiger partial charge in [-0.15, -0.1) is 0 Å². The first-order valence-corrected chi connectivity index (χ1v) is 6.06. The van der Waals surface area contributed by atoms with Crippen molar-refractivity contribution < 1.29 is 0 Å². The van der Waals surface area contributed by atoms with Crippen LogP contribution in [0.25, 0.3) is 11.0 Å². The van der Waals surface area contributed by atoms with Crippen LogP contribution in [0.5, 0.6) is 0 Å². The highest BCUT2D eigenvalue weighted by molar-refractivity contribution is 6.29. The van der Waals surface area contributed by atoms with E-state index >= 15 is 0 Å². The highest BCUT2D eigenvalue weighted by atomic mass is 35.5. The topological polar surface area (TPSA) is 29.9 Å². The van der Waals surface area contributed by atoms with E-state index in [-0.39, 0.29) is 0 Å². The summed E-state index contributed by atoms with van der Waals surface area (Å²) in [6.45, 7) is 2.04. The van der Waals surface area contributed by atoms with Crippen LogP contribution in [0.1, 0.15) is 12.8 Å². The van der Waals surface area contributed by atoms with E-state index in [2.05, 4.69) is 20.9 Å². The lowest BCUT2D eigenvalue weighted by atomic mass is 10.2. The third-order valence-corrected chi connectivity index (χ3v) is 3.46. The summed E-state index contributed by atoms with van der Waals surface area (Å²) in [5.74, 6) is 0. The summed E-state index contributed by atoms with van der Waals surface area (Å²) in [4.78, 5) is 4.36. The molecule has 1 aromatic heterocycles. The molecule has 0 amide bonds. The maximum absolute atomic E-state index is 6.17. The Balaban J connectivity index is 1.98. The number of para-hydroxylation sites is 2. The van der Waals surface area contributed by atoms with Crippen molar-refractivity contribution in [2.45, 2.75) is 25.4 Å². The molecular formula is C12H14ClN3. The zero-order valence-electron chi connectivity index (χ0n) is 8.99. The van der Waals surface area contributed by atoms with E-state index in [0.29, 0.717) is 11.3 Å². The molecule has 1 fully saturated rings. The molecule has 1 aliphatic rings. The Hall–Kier alpha value is -1.06. The van der Waals surface area contributed by atoms with Gasteiger partial charge in [-0.1, -0.05) is 12.1 Å². The first-order chi connectivity index (χ1) is 7.84. The molecule has 1 unspecified atom stereocenters. The number of nitrogens with one attached hydrogen (secondary N) is 1. The zero-order valence-corrected chi connectivity index (χ0v) is 9.74. The molecule has 3 rings (SSSR count). The van der Waals surface area contributed by atoms with Crippen LogP contribution in [0.2, 0.25) is 5.28 Å². The summed E-state index contributed by atoms with van der Waals surface area (Å²) in [5.41, 5.74) is 2.10. The average Bonchev–Trinajstić information content (AvgIpc) is 2.89. The minimum atomic E-state index is 0.537. The number of rotatable bonds is 2. The van der Waals surface area contributed by atoms with Crippen LogP contribution in [0.3, 0.4) is 0 Å². The summed E-state index contributed by atoms with van der Waals surface area (Å²) in [7, 11) is 0. The van der Waals surface area contributed by atoms with E-state index in [1.165, 1.54) is 12.8 Å². The van der Waals surface area contributed by atoms with Crippen LogP contribution in [0.4, 0.5) is 0 Å². The Morgan fingerprint density at radius 1 is 1.44 bits per heavy atom. The summed E-state index contributed by atoms with van der Waals surface area (Å²) in [6, 6.07) is 8.63. The van der Waals surface area contributed by atoms with Crippen molar-refractivity contribution in [3.63, 3.8) is 0 Å². The predicted octanol–water partition coefficient (Wildman–Crippen LogP) is 2.44. The second-order valence-corrected chi connectivity index (χ2v) is 4.61. The SMILES string of the molecule is Clc1nc2ccccc2n1CC1CCCN1. The lowest BCUT2D eigenvalue weighted by Gasteiger charge is -2.12. The van der Waals surface area contributed by atoms with Gasteiger partial charge < -0.3 is 9.88 Å². The first-order valence-electron chi connectivity index (χ1n) is 5.69. The minimum absolute atomic E-state index is 0.537. The molecule has 1 aliphatic heterocycles. The fourth-order valence-corrected chi connectivity index (χ4v) is 2.60. The summed E-state index contributed by atoms with van der Waals surface area (Å²) < 4.78 is 2.10. The van der Waals surface area contributed by atoms with Gasteiger partial charge in [-0.2, -0.15) is 0 Å². The van der Waals surface area contributed by atoms with Crippen LogP contribution in [-0.4, -0.2) is 22.1 Å². The Morgan fingerprint density at radius 3 is 3.12 bits per heavy atom. The number of hydrogen-bond donors (Lipinski definition) is 1. The molecule has 0 saturated carbocycles. The normalized spacial score (nSPS) is 20.7. The lowest BCUT2D eigenvalue weighted by Crippen LogP contribution is -2.26. The Labute approximate surface area is 99.4 Å². The number of nitrogens with zero attached hydrogens (tertiary/aromatic N) is 2. The third kappa shape index (κ3) is 1.70. The van der Waals surface area contributed by atoms with Gasteiger partial charge in [0.05, 0.1) is 11.0 Å². The van der Waals surface area contributed by atoms with E-state index in [9.17, 15) is 0 Å². The van der Waals surface area contributed by atoms with Crippen molar-refractivity contribution in [2.24, 2.45) is 0 Å². The zero-order chi connectivity index (χ0) is 11.0. The molecule has 1 aromatic carbocycles. The van der Waals surface area contributed by atoms with Crippen LogP contribution in [0.15, 0.2) is 24.3 Å². The van der Waals surface area contributed by atoms with Crippen molar-refractivity contribution in [2.75, 3.05) is 6.54 Å². The summed E-state index contributed by atoms with van der Waals surface area (Å²) >= 11 is 6.17. The highest BCUT2D eigenvalue weighted by Crippen LogP contribution is 2.21. The molecule has 3 nitrogen and oxygen atoms in total. The smallest absolute Gasteiger partial charge is 0.203 e. The molecule has 0 aliphatic carbocycles. The van der Waals surface area contributed by atoms with Gasteiger partial charge in [0, 0.05) is 12.6 Å². The molecule has 16 heavy (non-hydrogen) atoms. The molecule has 2 heterocycles. The fourth-order valence-electron chi connectivity index (χ4n) is 2.35. The van der Waals surface area contributed by atoms with Gasteiger partial charge in [-0.3, -0.25) is 0 Å². The van der Waals surface area contributed by atoms with Crippen molar-refractivity contribution >= 4 is 22.6 Å². The molecule has 0 bridgehead atoms. The maximum atomic E-state index is 6.17. The maximum Gasteiger partial charge on any atom is 0.203 e. The van der Waals surface area contributed by atoms with E-state index in [1.807, 2.05) is 18.2 Å². The minimum Gasteiger partial charge on any atom is -0.313 e. The Kier molecular flexibility index (Phi) is 2.58. The van der Waals surface area contributed by atoms with Crippen LogP contribution < -0.4 is 5.32 Å². The molecule has 84 valence electrons. The van der Waals surface area contributed by atoms with E-state index in [4.69, 9.17) is 11.6 Å². The van der Waals surface area contributed by atoms with Gasteiger partial charge in [0.15, 0.2) is 0 Å². The van der Waals surface area contributed by atoms with Gasteiger partial charge >= 0.3 is 0 Å². The third-order valence-electron chi connectivity index (χ3n) is 3.17. The van der Waals surface area contributed by atoms with Gasteiger partial charge in [-0.05, 0) is 43.1 Å². The molecular weight excluding hydrogens is 222 g/mol. The average molecular weight is 236 g/mol. The molecule has 0 radical (unpaired) electrons. The number of fused-ring (bicyclic) bond motifs is 1. The standard InChI is InChI=1S/C12H14ClN3/c13-12-15-10-5-1-2-6-11(10)16(12)8-9-4-3-7-14-9/h1-2,5-6,9,14H,3-4,7-8H2. The molecule has 1 atom stereocenters. The molecule has 4 heteroatoms. The van der Waals surface area contributed by atoms with Gasteiger partial charge in [0.1, 0.15) is 0 Å². The van der Waals surface area contributed by atoms with Gasteiger partial charge in [0.25, 0.3) is 0 Å². The molecule has 0 spiro atoms. The van der Waals surface area contributed by atoms with Crippen LogP contribution in [-0.2, 0) is 6.54 Å². The predicted molar refractivity (Wildman–Crippen MR) is 65.8 cm³/mol. The largest absolute Gasteiger partial charge is 0.313 e.